The molecule has 1 atom stereocenters. The van der Waals surface area contributed by atoms with Crippen LogP contribution in [0.3, 0.4) is 0 Å². The van der Waals surface area contributed by atoms with E-state index >= 15 is 0 Å². The summed E-state index contributed by atoms with van der Waals surface area (Å²) in [5, 5.41) is 0. The monoisotopic (exact) mass is 186 g/mol. The second kappa shape index (κ2) is 7.34. The normalized spacial score (nSPS) is 14.1. The van der Waals surface area contributed by atoms with Gasteiger partial charge in [-0.1, -0.05) is 33.6 Å². The van der Waals surface area contributed by atoms with Crippen LogP contribution >= 0.6 is 0 Å². The molecule has 0 aromatic rings. The smallest absolute Gasteiger partial charge is 0.0139 e. The van der Waals surface area contributed by atoms with Crippen molar-refractivity contribution in [3.05, 3.63) is 0 Å². The summed E-state index contributed by atoms with van der Waals surface area (Å²) >= 11 is 0. The summed E-state index contributed by atoms with van der Waals surface area (Å²) in [4.78, 5) is 2.46. The molecule has 1 unspecified atom stereocenters. The molecule has 0 heterocycles. The fourth-order valence-electron chi connectivity index (χ4n) is 1.65. The van der Waals surface area contributed by atoms with E-state index in [-0.39, 0.29) is 0 Å². The molecule has 0 radical (unpaired) electrons. The van der Waals surface area contributed by atoms with E-state index in [0.29, 0.717) is 6.04 Å². The topological polar surface area (TPSA) is 29.3 Å². The first-order chi connectivity index (χ1) is 6.13. The van der Waals surface area contributed by atoms with Gasteiger partial charge in [0.25, 0.3) is 0 Å². The number of nitrogens with zero attached hydrogens (tertiary/aromatic N) is 1. The fraction of sp³-hybridized carbons (Fsp3) is 1.00. The molecular weight excluding hydrogens is 160 g/mol. The summed E-state index contributed by atoms with van der Waals surface area (Å²) in [5.41, 5.74) is 5.79. The predicted octanol–water partition coefficient (Wildman–Crippen LogP) is 2.09. The van der Waals surface area contributed by atoms with Crippen LogP contribution in [0.25, 0.3) is 0 Å². The summed E-state index contributed by atoms with van der Waals surface area (Å²) in [6, 6.07) is 0.300. The Labute approximate surface area is 83.5 Å². The molecule has 2 nitrogen and oxygen atoms in total. The minimum Gasteiger partial charge on any atom is -0.327 e. The van der Waals surface area contributed by atoms with Crippen molar-refractivity contribution >= 4 is 0 Å². The molecule has 0 fully saturated rings. The lowest BCUT2D eigenvalue weighted by atomic mass is 10.0. The lowest BCUT2D eigenvalue weighted by Gasteiger charge is -2.26. The van der Waals surface area contributed by atoms with Gasteiger partial charge in [0.2, 0.25) is 0 Å². The van der Waals surface area contributed by atoms with Crippen molar-refractivity contribution in [2.45, 2.75) is 46.6 Å². The Kier molecular flexibility index (Phi) is 7.29. The largest absolute Gasteiger partial charge is 0.327 e. The zero-order chi connectivity index (χ0) is 10.3. The zero-order valence-electron chi connectivity index (χ0n) is 9.71. The molecule has 0 saturated carbocycles. The Balaban J connectivity index is 3.80. The first kappa shape index (κ1) is 12.9. The minimum atomic E-state index is 0.300. The molecule has 2 N–H and O–H groups in total. The number of hydrogen-bond donors (Lipinski definition) is 1. The third kappa shape index (κ3) is 6.05. The van der Waals surface area contributed by atoms with Gasteiger partial charge in [-0.3, -0.25) is 0 Å². The summed E-state index contributed by atoms with van der Waals surface area (Å²) < 4.78 is 0. The third-order valence-corrected chi connectivity index (χ3v) is 2.66. The predicted molar refractivity (Wildman–Crippen MR) is 59.8 cm³/mol. The summed E-state index contributed by atoms with van der Waals surface area (Å²) in [6.45, 7) is 12.2. The highest BCUT2D eigenvalue weighted by Gasteiger charge is 2.10. The molecule has 0 amide bonds. The quantitative estimate of drug-likeness (QED) is 0.659. The average molecular weight is 186 g/mol. The van der Waals surface area contributed by atoms with Crippen LogP contribution in [0.15, 0.2) is 0 Å². The van der Waals surface area contributed by atoms with E-state index in [4.69, 9.17) is 5.73 Å². The van der Waals surface area contributed by atoms with Gasteiger partial charge in [0, 0.05) is 19.1 Å². The molecular formula is C11H26N2. The first-order valence-corrected chi connectivity index (χ1v) is 5.61. The minimum absolute atomic E-state index is 0.300. The Morgan fingerprint density at radius 1 is 1.08 bits per heavy atom. The molecule has 0 saturated heterocycles. The molecule has 13 heavy (non-hydrogen) atoms. The highest BCUT2D eigenvalue weighted by atomic mass is 15.1. The first-order valence-electron chi connectivity index (χ1n) is 5.61. The van der Waals surface area contributed by atoms with Gasteiger partial charge in [-0.15, -0.1) is 0 Å². The van der Waals surface area contributed by atoms with Crippen molar-refractivity contribution in [1.29, 1.82) is 0 Å². The van der Waals surface area contributed by atoms with E-state index in [1.807, 2.05) is 0 Å². The van der Waals surface area contributed by atoms with Crippen LogP contribution in [0.5, 0.6) is 0 Å². The highest BCUT2D eigenvalue weighted by Crippen LogP contribution is 2.09. The van der Waals surface area contributed by atoms with Gasteiger partial charge < -0.3 is 10.6 Å². The van der Waals surface area contributed by atoms with Gasteiger partial charge in [-0.2, -0.15) is 0 Å². The Bertz CT molecular complexity index is 109. The molecule has 0 aliphatic rings. The van der Waals surface area contributed by atoms with Crippen LogP contribution in [0, 0.1) is 5.92 Å². The molecule has 0 aliphatic carbocycles. The molecule has 0 spiro atoms. The molecule has 0 bridgehead atoms. The Hall–Kier alpha value is -0.0800. The second-order valence-corrected chi connectivity index (χ2v) is 4.01. The number of rotatable bonds is 7. The van der Waals surface area contributed by atoms with Crippen molar-refractivity contribution in [1.82, 2.24) is 4.90 Å². The van der Waals surface area contributed by atoms with Crippen LogP contribution in [0.4, 0.5) is 0 Å². The SMILES string of the molecule is CCC(CC)CN(CC)CC(C)N. The van der Waals surface area contributed by atoms with E-state index in [0.717, 1.165) is 19.0 Å². The van der Waals surface area contributed by atoms with Crippen LogP contribution in [-0.4, -0.2) is 30.6 Å². The van der Waals surface area contributed by atoms with Crippen LogP contribution in [0.2, 0.25) is 0 Å². The van der Waals surface area contributed by atoms with Crippen molar-refractivity contribution in [2.75, 3.05) is 19.6 Å². The maximum absolute atomic E-state index is 5.79. The Morgan fingerprint density at radius 3 is 1.92 bits per heavy atom. The van der Waals surface area contributed by atoms with Crippen LogP contribution in [-0.2, 0) is 0 Å². The van der Waals surface area contributed by atoms with Crippen molar-refractivity contribution in [2.24, 2.45) is 11.7 Å². The van der Waals surface area contributed by atoms with Gasteiger partial charge in [0.05, 0.1) is 0 Å². The van der Waals surface area contributed by atoms with E-state index in [2.05, 4.69) is 32.6 Å². The van der Waals surface area contributed by atoms with Crippen molar-refractivity contribution < 1.29 is 0 Å². The summed E-state index contributed by atoms with van der Waals surface area (Å²) in [5.74, 6) is 0.846. The lowest BCUT2D eigenvalue weighted by molar-refractivity contribution is 0.224. The van der Waals surface area contributed by atoms with E-state index in [1.165, 1.54) is 19.4 Å². The zero-order valence-corrected chi connectivity index (χ0v) is 9.71. The summed E-state index contributed by atoms with van der Waals surface area (Å²) in [6.07, 6.45) is 2.57. The maximum Gasteiger partial charge on any atom is 0.0139 e. The Morgan fingerprint density at radius 2 is 1.62 bits per heavy atom. The van der Waals surface area contributed by atoms with Gasteiger partial charge in [0.15, 0.2) is 0 Å². The molecule has 0 rings (SSSR count). The fourth-order valence-corrected chi connectivity index (χ4v) is 1.65. The van der Waals surface area contributed by atoms with Gasteiger partial charge in [0.1, 0.15) is 0 Å². The molecule has 0 aliphatic heterocycles. The lowest BCUT2D eigenvalue weighted by Crippen LogP contribution is -2.38. The van der Waals surface area contributed by atoms with Gasteiger partial charge in [-0.25, -0.2) is 0 Å². The van der Waals surface area contributed by atoms with E-state index < -0.39 is 0 Å². The van der Waals surface area contributed by atoms with Crippen molar-refractivity contribution in [3.8, 4) is 0 Å². The van der Waals surface area contributed by atoms with E-state index in [9.17, 15) is 0 Å². The molecule has 0 aromatic heterocycles. The van der Waals surface area contributed by atoms with E-state index in [1.54, 1.807) is 0 Å². The summed E-state index contributed by atoms with van der Waals surface area (Å²) in [7, 11) is 0. The van der Waals surface area contributed by atoms with Gasteiger partial charge in [-0.05, 0) is 19.4 Å². The average Bonchev–Trinajstić information content (AvgIpc) is 2.11. The highest BCUT2D eigenvalue weighted by molar-refractivity contribution is 4.66. The third-order valence-electron chi connectivity index (χ3n) is 2.66. The second-order valence-electron chi connectivity index (χ2n) is 4.01. The number of nitrogens with two attached hydrogens (primary N) is 1. The van der Waals surface area contributed by atoms with Crippen molar-refractivity contribution in [3.63, 3.8) is 0 Å². The van der Waals surface area contributed by atoms with Crippen LogP contribution in [0.1, 0.15) is 40.5 Å². The number of likely N-dealkylation sites (N-methyl/N-ethyl adjacent to an activating group) is 1. The molecule has 0 aromatic carbocycles. The van der Waals surface area contributed by atoms with Crippen LogP contribution < -0.4 is 5.73 Å². The maximum atomic E-state index is 5.79. The molecule has 80 valence electrons. The number of hydrogen-bond acceptors (Lipinski definition) is 2. The standard InChI is InChI=1S/C11H26N2/c1-5-11(6-2)9-13(7-3)8-10(4)12/h10-11H,5-9,12H2,1-4H3. The van der Waals surface area contributed by atoms with Gasteiger partial charge >= 0.3 is 0 Å². The molecule has 2 heteroatoms.